The van der Waals surface area contributed by atoms with E-state index in [-0.39, 0.29) is 16.6 Å². The summed E-state index contributed by atoms with van der Waals surface area (Å²) in [6.07, 6.45) is 4.24. The predicted molar refractivity (Wildman–Crippen MR) is 92.0 cm³/mol. The number of halogens is 2. The summed E-state index contributed by atoms with van der Waals surface area (Å²) in [4.78, 5) is 15.6. The van der Waals surface area contributed by atoms with Crippen LogP contribution in [0.3, 0.4) is 0 Å². The number of hydrogen-bond acceptors (Lipinski definition) is 3. The van der Waals surface area contributed by atoms with E-state index in [4.69, 9.17) is 11.6 Å². The fourth-order valence-corrected chi connectivity index (χ4v) is 3.54. The average Bonchev–Trinajstić information content (AvgIpc) is 3.24. The summed E-state index contributed by atoms with van der Waals surface area (Å²) in [7, 11) is 0. The largest absolute Gasteiger partial charge is 0.477 e. The topological polar surface area (TPSA) is 68.0 Å². The number of pyridine rings is 1. The smallest absolute Gasteiger partial charge is 0.354 e. The Hall–Kier alpha value is -2.47. The molecule has 5 nitrogen and oxygen atoms in total. The van der Waals surface area contributed by atoms with Crippen molar-refractivity contribution in [1.29, 1.82) is 0 Å². The number of carboxylic acids is 1. The lowest BCUT2D eigenvalue weighted by Crippen LogP contribution is -2.01. The van der Waals surface area contributed by atoms with Crippen LogP contribution in [0.5, 0.6) is 0 Å². The predicted octanol–water partition coefficient (Wildman–Crippen LogP) is 4.57. The Morgan fingerprint density at radius 2 is 2.00 bits per heavy atom. The van der Waals surface area contributed by atoms with Gasteiger partial charge in [-0.1, -0.05) is 24.4 Å². The Morgan fingerprint density at radius 1 is 1.24 bits per heavy atom. The van der Waals surface area contributed by atoms with E-state index in [1.165, 1.54) is 18.2 Å². The first-order chi connectivity index (χ1) is 12.0. The number of benzene rings is 1. The van der Waals surface area contributed by atoms with Crippen molar-refractivity contribution in [3.8, 4) is 5.69 Å². The van der Waals surface area contributed by atoms with Crippen molar-refractivity contribution in [2.45, 2.75) is 31.6 Å². The summed E-state index contributed by atoms with van der Waals surface area (Å²) in [6, 6.07) is 7.59. The van der Waals surface area contributed by atoms with E-state index in [0.29, 0.717) is 16.7 Å². The van der Waals surface area contributed by atoms with Gasteiger partial charge in [-0.15, -0.1) is 0 Å². The second-order valence-electron chi connectivity index (χ2n) is 6.25. The highest BCUT2D eigenvalue weighted by molar-refractivity contribution is 6.30. The fourth-order valence-electron chi connectivity index (χ4n) is 3.43. The summed E-state index contributed by atoms with van der Waals surface area (Å²) in [5.74, 6) is -1.36. The molecule has 1 saturated carbocycles. The van der Waals surface area contributed by atoms with Crippen LogP contribution in [0.2, 0.25) is 5.02 Å². The highest BCUT2D eigenvalue weighted by Crippen LogP contribution is 2.37. The van der Waals surface area contributed by atoms with Gasteiger partial charge in [0.05, 0.1) is 21.9 Å². The Morgan fingerprint density at radius 3 is 2.68 bits per heavy atom. The molecule has 1 fully saturated rings. The zero-order valence-corrected chi connectivity index (χ0v) is 14.0. The van der Waals surface area contributed by atoms with Gasteiger partial charge in [-0.3, -0.25) is 0 Å². The summed E-state index contributed by atoms with van der Waals surface area (Å²) >= 11 is 5.77. The van der Waals surface area contributed by atoms with E-state index < -0.39 is 11.8 Å². The lowest BCUT2D eigenvalue weighted by atomic mass is 10.0. The van der Waals surface area contributed by atoms with Gasteiger partial charge in [0, 0.05) is 12.0 Å². The molecule has 0 spiro atoms. The fraction of sp³-hybridized carbons (Fsp3) is 0.278. The van der Waals surface area contributed by atoms with Crippen LogP contribution >= 0.6 is 11.6 Å². The summed E-state index contributed by atoms with van der Waals surface area (Å²) < 4.78 is 15.5. The average molecular weight is 360 g/mol. The lowest BCUT2D eigenvalue weighted by Gasteiger charge is -2.05. The van der Waals surface area contributed by atoms with Crippen molar-refractivity contribution in [1.82, 2.24) is 14.8 Å². The van der Waals surface area contributed by atoms with Crippen molar-refractivity contribution >= 4 is 28.6 Å². The van der Waals surface area contributed by atoms with Crippen molar-refractivity contribution in [3.63, 3.8) is 0 Å². The van der Waals surface area contributed by atoms with E-state index in [1.807, 2.05) is 0 Å². The van der Waals surface area contributed by atoms with Crippen LogP contribution in [0.25, 0.3) is 16.7 Å². The van der Waals surface area contributed by atoms with Crippen LogP contribution in [0.15, 0.2) is 30.3 Å². The minimum absolute atomic E-state index is 0.0198. The first kappa shape index (κ1) is 16.0. The second-order valence-corrected chi connectivity index (χ2v) is 6.65. The summed E-state index contributed by atoms with van der Waals surface area (Å²) in [5, 5.41) is 13.9. The zero-order valence-electron chi connectivity index (χ0n) is 13.2. The highest BCUT2D eigenvalue weighted by atomic mass is 35.5. The number of nitrogens with zero attached hydrogens (tertiary/aromatic N) is 3. The Balaban J connectivity index is 1.94. The molecule has 2 aromatic heterocycles. The number of carboxylic acid groups (broad SMARTS) is 1. The van der Waals surface area contributed by atoms with Gasteiger partial charge >= 0.3 is 5.97 Å². The van der Waals surface area contributed by atoms with Gasteiger partial charge in [0.15, 0.2) is 0 Å². The monoisotopic (exact) mass is 359 g/mol. The lowest BCUT2D eigenvalue weighted by molar-refractivity contribution is 0.0691. The third-order valence-electron chi connectivity index (χ3n) is 4.66. The Labute approximate surface area is 148 Å². The number of hydrogen-bond donors (Lipinski definition) is 1. The molecule has 1 aromatic carbocycles. The molecule has 2 heterocycles. The molecule has 1 aliphatic rings. The van der Waals surface area contributed by atoms with Crippen molar-refractivity contribution < 1.29 is 14.3 Å². The van der Waals surface area contributed by atoms with Crippen LogP contribution in [0.4, 0.5) is 4.39 Å². The maximum atomic E-state index is 13.9. The van der Waals surface area contributed by atoms with E-state index in [9.17, 15) is 14.3 Å². The number of aromatic carboxylic acids is 1. The maximum absolute atomic E-state index is 13.9. The molecule has 1 N–H and O–H groups in total. The summed E-state index contributed by atoms with van der Waals surface area (Å²) in [5.41, 5.74) is 2.52. The highest BCUT2D eigenvalue weighted by Gasteiger charge is 2.25. The molecule has 0 saturated heterocycles. The van der Waals surface area contributed by atoms with Crippen LogP contribution in [0, 0.1) is 5.82 Å². The quantitative estimate of drug-likeness (QED) is 0.743. The summed E-state index contributed by atoms with van der Waals surface area (Å²) in [6.45, 7) is 0. The molecule has 0 atom stereocenters. The molecular weight excluding hydrogens is 345 g/mol. The standard InChI is InChI=1S/C18H15ClFN3O2/c19-12-6-5-11(9-13(12)20)23-15-8-7-14(18(24)25)21-17(15)16(22-23)10-3-1-2-4-10/h5-10H,1-4H2,(H,24,25). The van der Waals surface area contributed by atoms with E-state index in [2.05, 4.69) is 10.1 Å². The van der Waals surface area contributed by atoms with Crippen LogP contribution in [-0.2, 0) is 0 Å². The van der Waals surface area contributed by atoms with Crippen molar-refractivity contribution in [3.05, 3.63) is 52.6 Å². The number of aromatic nitrogens is 3. The number of rotatable bonds is 3. The maximum Gasteiger partial charge on any atom is 0.354 e. The van der Waals surface area contributed by atoms with Crippen LogP contribution in [-0.4, -0.2) is 25.8 Å². The molecule has 0 bridgehead atoms. The van der Waals surface area contributed by atoms with Crippen LogP contribution < -0.4 is 0 Å². The molecule has 0 unspecified atom stereocenters. The Kier molecular flexibility index (Phi) is 3.92. The Bertz CT molecular complexity index is 980. The number of fused-ring (bicyclic) bond motifs is 1. The number of carbonyl (C=O) groups is 1. The third kappa shape index (κ3) is 2.76. The normalized spacial score (nSPS) is 15.1. The molecular formula is C18H15ClFN3O2. The zero-order chi connectivity index (χ0) is 17.6. The van der Waals surface area contributed by atoms with Crippen molar-refractivity contribution in [2.75, 3.05) is 0 Å². The molecule has 128 valence electrons. The van der Waals surface area contributed by atoms with Gasteiger partial charge in [0.25, 0.3) is 0 Å². The first-order valence-corrected chi connectivity index (χ1v) is 8.51. The second kappa shape index (κ2) is 6.11. The first-order valence-electron chi connectivity index (χ1n) is 8.13. The van der Waals surface area contributed by atoms with Gasteiger partial charge < -0.3 is 5.11 Å². The van der Waals surface area contributed by atoms with Gasteiger partial charge in [-0.05, 0) is 37.1 Å². The van der Waals surface area contributed by atoms with Gasteiger partial charge in [0.2, 0.25) is 0 Å². The van der Waals surface area contributed by atoms with Gasteiger partial charge in [-0.25, -0.2) is 18.9 Å². The molecule has 0 amide bonds. The minimum atomic E-state index is -1.08. The molecule has 1 aliphatic carbocycles. The molecule has 25 heavy (non-hydrogen) atoms. The SMILES string of the molecule is O=C(O)c1ccc2c(n1)c(C1CCCC1)nn2-c1ccc(Cl)c(F)c1. The molecule has 0 aliphatic heterocycles. The van der Waals surface area contributed by atoms with Gasteiger partial charge in [0.1, 0.15) is 17.0 Å². The molecule has 3 aromatic rings. The van der Waals surface area contributed by atoms with Crippen LogP contribution in [0.1, 0.15) is 47.8 Å². The van der Waals surface area contributed by atoms with E-state index >= 15 is 0 Å². The molecule has 4 rings (SSSR count). The van der Waals surface area contributed by atoms with E-state index in [0.717, 1.165) is 31.4 Å². The van der Waals surface area contributed by atoms with Gasteiger partial charge in [-0.2, -0.15) is 5.10 Å². The molecule has 0 radical (unpaired) electrons. The minimum Gasteiger partial charge on any atom is -0.477 e. The molecule has 7 heteroatoms. The van der Waals surface area contributed by atoms with E-state index in [1.54, 1.807) is 16.8 Å². The third-order valence-corrected chi connectivity index (χ3v) is 4.97. The van der Waals surface area contributed by atoms with Crippen molar-refractivity contribution in [2.24, 2.45) is 0 Å².